The zero-order valence-electron chi connectivity index (χ0n) is 10.9. The summed E-state index contributed by atoms with van der Waals surface area (Å²) in [6, 6.07) is 4.90. The summed E-state index contributed by atoms with van der Waals surface area (Å²) in [6.45, 7) is 4.48. The number of aryl methyl sites for hydroxylation is 1. The van der Waals surface area contributed by atoms with Gasteiger partial charge >= 0.3 is 0 Å². The molecule has 1 aromatic carbocycles. The molecule has 19 heavy (non-hydrogen) atoms. The molecule has 0 saturated carbocycles. The van der Waals surface area contributed by atoms with Gasteiger partial charge in [0.15, 0.2) is 0 Å². The molecule has 1 saturated heterocycles. The number of hydrogen-bond acceptors (Lipinski definition) is 4. The van der Waals surface area contributed by atoms with Gasteiger partial charge in [0.2, 0.25) is 0 Å². The molecule has 1 unspecified atom stereocenters. The quantitative estimate of drug-likeness (QED) is 0.683. The Labute approximate surface area is 118 Å². The van der Waals surface area contributed by atoms with Gasteiger partial charge in [0.05, 0.1) is 11.5 Å². The highest BCUT2D eigenvalue weighted by molar-refractivity contribution is 5.85. The molecule has 1 N–H and O–H groups in total. The lowest BCUT2D eigenvalue weighted by atomic mass is 10.0. The first-order valence-electron chi connectivity index (χ1n) is 6.25. The Bertz CT molecular complexity index is 434. The molecule has 0 aromatic heterocycles. The van der Waals surface area contributed by atoms with Crippen LogP contribution in [0.2, 0.25) is 0 Å². The SMILES string of the molecule is Cc1cc(OCC2CCCNC2)ccc1[N+](=O)[O-].Cl. The van der Waals surface area contributed by atoms with Gasteiger partial charge in [-0.15, -0.1) is 12.4 Å². The molecular weight excluding hydrogens is 268 g/mol. The maximum Gasteiger partial charge on any atom is 0.272 e. The summed E-state index contributed by atoms with van der Waals surface area (Å²) in [5.41, 5.74) is 0.779. The predicted molar refractivity (Wildman–Crippen MR) is 76.2 cm³/mol. The summed E-state index contributed by atoms with van der Waals surface area (Å²) >= 11 is 0. The number of rotatable bonds is 4. The molecule has 1 atom stereocenters. The van der Waals surface area contributed by atoms with Crippen molar-refractivity contribution < 1.29 is 9.66 Å². The van der Waals surface area contributed by atoms with Gasteiger partial charge in [-0.2, -0.15) is 0 Å². The lowest BCUT2D eigenvalue weighted by Crippen LogP contribution is -2.33. The Kier molecular flexibility index (Phi) is 6.05. The highest BCUT2D eigenvalue weighted by Crippen LogP contribution is 2.23. The summed E-state index contributed by atoms with van der Waals surface area (Å²) in [7, 11) is 0. The lowest BCUT2D eigenvalue weighted by molar-refractivity contribution is -0.385. The Morgan fingerprint density at radius 2 is 2.32 bits per heavy atom. The molecule has 1 aliphatic heterocycles. The van der Waals surface area contributed by atoms with Crippen LogP contribution in [0.5, 0.6) is 5.75 Å². The molecule has 0 spiro atoms. The molecule has 1 aromatic rings. The number of nitro groups is 1. The Balaban J connectivity index is 0.00000180. The van der Waals surface area contributed by atoms with Crippen molar-refractivity contribution in [2.75, 3.05) is 19.7 Å². The van der Waals surface area contributed by atoms with E-state index in [0.717, 1.165) is 13.1 Å². The third-order valence-electron chi connectivity index (χ3n) is 3.25. The number of nitrogens with one attached hydrogen (secondary N) is 1. The van der Waals surface area contributed by atoms with Crippen LogP contribution in [0.3, 0.4) is 0 Å². The Hall–Kier alpha value is -1.33. The van der Waals surface area contributed by atoms with Crippen LogP contribution in [0.4, 0.5) is 5.69 Å². The van der Waals surface area contributed by atoms with Crippen LogP contribution in [-0.4, -0.2) is 24.6 Å². The van der Waals surface area contributed by atoms with Crippen molar-refractivity contribution in [1.82, 2.24) is 5.32 Å². The molecule has 6 heteroatoms. The van der Waals surface area contributed by atoms with Gasteiger partial charge in [-0.3, -0.25) is 10.1 Å². The fourth-order valence-corrected chi connectivity index (χ4v) is 2.20. The zero-order valence-corrected chi connectivity index (χ0v) is 11.7. The van der Waals surface area contributed by atoms with E-state index in [1.807, 2.05) is 0 Å². The smallest absolute Gasteiger partial charge is 0.272 e. The molecule has 1 fully saturated rings. The van der Waals surface area contributed by atoms with E-state index in [4.69, 9.17) is 4.74 Å². The van der Waals surface area contributed by atoms with Crippen LogP contribution in [0.25, 0.3) is 0 Å². The minimum absolute atomic E-state index is 0. The minimum Gasteiger partial charge on any atom is -0.493 e. The summed E-state index contributed by atoms with van der Waals surface area (Å²) in [5, 5.41) is 14.0. The lowest BCUT2D eigenvalue weighted by Gasteiger charge is -2.22. The molecule has 106 valence electrons. The van der Waals surface area contributed by atoms with Crippen molar-refractivity contribution in [2.45, 2.75) is 19.8 Å². The predicted octanol–water partition coefficient (Wildman–Crippen LogP) is 2.70. The first kappa shape index (κ1) is 15.7. The average Bonchev–Trinajstić information content (AvgIpc) is 2.37. The van der Waals surface area contributed by atoms with E-state index in [2.05, 4.69) is 5.32 Å². The van der Waals surface area contributed by atoms with Crippen molar-refractivity contribution in [1.29, 1.82) is 0 Å². The number of ether oxygens (including phenoxy) is 1. The topological polar surface area (TPSA) is 64.4 Å². The molecule has 2 rings (SSSR count). The number of hydrogen-bond donors (Lipinski definition) is 1. The van der Waals surface area contributed by atoms with Crippen molar-refractivity contribution in [3.63, 3.8) is 0 Å². The van der Waals surface area contributed by atoms with Gasteiger partial charge in [-0.05, 0) is 38.4 Å². The Morgan fingerprint density at radius 1 is 1.53 bits per heavy atom. The monoisotopic (exact) mass is 286 g/mol. The van der Waals surface area contributed by atoms with Gasteiger partial charge in [0.25, 0.3) is 5.69 Å². The molecule has 0 bridgehead atoms. The van der Waals surface area contributed by atoms with Crippen molar-refractivity contribution in [3.05, 3.63) is 33.9 Å². The van der Waals surface area contributed by atoms with E-state index in [9.17, 15) is 10.1 Å². The van der Waals surface area contributed by atoms with E-state index >= 15 is 0 Å². The van der Waals surface area contributed by atoms with Gasteiger partial charge in [0.1, 0.15) is 5.75 Å². The fraction of sp³-hybridized carbons (Fsp3) is 0.538. The molecule has 0 radical (unpaired) electrons. The number of nitrogens with zero attached hydrogens (tertiary/aromatic N) is 1. The molecule has 1 heterocycles. The van der Waals surface area contributed by atoms with Crippen LogP contribution in [0, 0.1) is 23.0 Å². The highest BCUT2D eigenvalue weighted by Gasteiger charge is 2.15. The molecule has 1 aliphatic rings. The van der Waals surface area contributed by atoms with Crippen molar-refractivity contribution in [2.24, 2.45) is 5.92 Å². The van der Waals surface area contributed by atoms with Crippen LogP contribution in [0.15, 0.2) is 18.2 Å². The number of benzene rings is 1. The largest absolute Gasteiger partial charge is 0.493 e. The number of halogens is 1. The van der Waals surface area contributed by atoms with Crippen molar-refractivity contribution >= 4 is 18.1 Å². The summed E-state index contributed by atoms with van der Waals surface area (Å²) in [5.74, 6) is 1.25. The standard InChI is InChI=1S/C13H18N2O3.ClH/c1-10-7-12(4-5-13(10)15(16)17)18-9-11-3-2-6-14-8-11;/h4-5,7,11,14H,2-3,6,8-9H2,1H3;1H. The summed E-state index contributed by atoms with van der Waals surface area (Å²) in [6.07, 6.45) is 2.37. The summed E-state index contributed by atoms with van der Waals surface area (Å²) < 4.78 is 5.70. The Morgan fingerprint density at radius 3 is 2.89 bits per heavy atom. The van der Waals surface area contributed by atoms with Gasteiger partial charge in [0, 0.05) is 24.1 Å². The van der Waals surface area contributed by atoms with Crippen LogP contribution in [-0.2, 0) is 0 Å². The second-order valence-corrected chi connectivity index (χ2v) is 4.73. The van der Waals surface area contributed by atoms with Crippen molar-refractivity contribution in [3.8, 4) is 5.75 Å². The number of nitro benzene ring substituents is 1. The van der Waals surface area contributed by atoms with Gasteiger partial charge < -0.3 is 10.1 Å². The van der Waals surface area contributed by atoms with E-state index < -0.39 is 0 Å². The molecule has 0 amide bonds. The second-order valence-electron chi connectivity index (χ2n) is 4.73. The summed E-state index contributed by atoms with van der Waals surface area (Å²) in [4.78, 5) is 10.3. The normalized spacial score (nSPS) is 18.5. The maximum absolute atomic E-state index is 10.7. The molecule has 5 nitrogen and oxygen atoms in total. The zero-order chi connectivity index (χ0) is 13.0. The van der Waals surface area contributed by atoms with E-state index in [-0.39, 0.29) is 23.0 Å². The van der Waals surface area contributed by atoms with E-state index in [1.54, 1.807) is 19.1 Å². The van der Waals surface area contributed by atoms with Crippen LogP contribution < -0.4 is 10.1 Å². The van der Waals surface area contributed by atoms with Gasteiger partial charge in [-0.1, -0.05) is 0 Å². The van der Waals surface area contributed by atoms with E-state index in [1.165, 1.54) is 18.9 Å². The third-order valence-corrected chi connectivity index (χ3v) is 3.25. The fourth-order valence-electron chi connectivity index (χ4n) is 2.20. The van der Waals surface area contributed by atoms with Crippen LogP contribution >= 0.6 is 12.4 Å². The molecule has 0 aliphatic carbocycles. The van der Waals surface area contributed by atoms with Crippen LogP contribution in [0.1, 0.15) is 18.4 Å². The average molecular weight is 287 g/mol. The highest BCUT2D eigenvalue weighted by atomic mass is 35.5. The molecular formula is C13H19ClN2O3. The second kappa shape index (κ2) is 7.31. The first-order valence-corrected chi connectivity index (χ1v) is 6.25. The first-order chi connectivity index (χ1) is 8.66. The third kappa shape index (κ3) is 4.36. The number of piperidine rings is 1. The van der Waals surface area contributed by atoms with E-state index in [0.29, 0.717) is 23.8 Å². The minimum atomic E-state index is -0.371. The maximum atomic E-state index is 10.7. The van der Waals surface area contributed by atoms with Gasteiger partial charge in [-0.25, -0.2) is 0 Å².